The Morgan fingerprint density at radius 3 is 2.68 bits per heavy atom. The monoisotopic (exact) mass is 294 g/mol. The lowest BCUT2D eigenvalue weighted by molar-refractivity contribution is -0.117. The molecular formula is C18H18N2O2. The second-order valence-electron chi connectivity index (χ2n) is 5.09. The molecule has 1 aliphatic rings. The van der Waals surface area contributed by atoms with Crippen molar-refractivity contribution >= 4 is 17.8 Å². The van der Waals surface area contributed by atoms with E-state index in [1.807, 2.05) is 54.6 Å². The van der Waals surface area contributed by atoms with Crippen molar-refractivity contribution in [2.75, 3.05) is 24.6 Å². The predicted octanol–water partition coefficient (Wildman–Crippen LogP) is 2.92. The first-order valence-electron chi connectivity index (χ1n) is 7.42. The fraction of sp³-hybridized carbons (Fsp3) is 0.222. The molecule has 1 heterocycles. The Balaban J connectivity index is 1.61. The Kier molecular flexibility index (Phi) is 4.49. The number of carbonyl (C=O) groups excluding carboxylic acids is 1. The van der Waals surface area contributed by atoms with Crippen molar-refractivity contribution in [1.29, 1.82) is 0 Å². The molecule has 112 valence electrons. The first-order valence-corrected chi connectivity index (χ1v) is 7.42. The van der Waals surface area contributed by atoms with Gasteiger partial charge in [-0.15, -0.1) is 0 Å². The van der Waals surface area contributed by atoms with Crippen molar-refractivity contribution in [1.82, 2.24) is 0 Å². The van der Waals surface area contributed by atoms with Crippen LogP contribution >= 0.6 is 0 Å². The maximum atomic E-state index is 12.2. The van der Waals surface area contributed by atoms with Gasteiger partial charge in [0.25, 0.3) is 0 Å². The SMILES string of the molecule is O=C1CN=Cc2ccccc2N1CCCOc1ccccc1. The van der Waals surface area contributed by atoms with Crippen molar-refractivity contribution in [3.63, 3.8) is 0 Å². The van der Waals surface area contributed by atoms with Gasteiger partial charge >= 0.3 is 0 Å². The van der Waals surface area contributed by atoms with Gasteiger partial charge in [-0.1, -0.05) is 36.4 Å². The molecule has 0 unspecified atom stereocenters. The molecule has 3 rings (SSSR count). The summed E-state index contributed by atoms with van der Waals surface area (Å²) < 4.78 is 5.68. The van der Waals surface area contributed by atoms with Gasteiger partial charge in [0.2, 0.25) is 5.91 Å². The second kappa shape index (κ2) is 6.89. The molecule has 4 nitrogen and oxygen atoms in total. The molecule has 2 aromatic rings. The molecule has 0 aliphatic carbocycles. The highest BCUT2D eigenvalue weighted by Crippen LogP contribution is 2.21. The Hall–Kier alpha value is -2.62. The normalized spacial score (nSPS) is 13.6. The van der Waals surface area contributed by atoms with Crippen LogP contribution in [0.15, 0.2) is 59.6 Å². The molecule has 4 heteroatoms. The molecule has 0 atom stereocenters. The van der Waals surface area contributed by atoms with Crippen LogP contribution in [-0.4, -0.2) is 31.8 Å². The number of anilines is 1. The zero-order valence-electron chi connectivity index (χ0n) is 12.3. The molecule has 2 aromatic carbocycles. The van der Waals surface area contributed by atoms with Crippen LogP contribution < -0.4 is 9.64 Å². The second-order valence-corrected chi connectivity index (χ2v) is 5.09. The fourth-order valence-electron chi connectivity index (χ4n) is 2.46. The third kappa shape index (κ3) is 3.34. The lowest BCUT2D eigenvalue weighted by Gasteiger charge is -2.22. The molecule has 1 amide bonds. The highest BCUT2D eigenvalue weighted by atomic mass is 16.5. The molecular weight excluding hydrogens is 276 g/mol. The van der Waals surface area contributed by atoms with Crippen molar-refractivity contribution in [3.05, 3.63) is 60.2 Å². The van der Waals surface area contributed by atoms with Crippen LogP contribution in [0.4, 0.5) is 5.69 Å². The van der Waals surface area contributed by atoms with Crippen LogP contribution in [0.25, 0.3) is 0 Å². The molecule has 0 fully saturated rings. The minimum absolute atomic E-state index is 0.0286. The summed E-state index contributed by atoms with van der Waals surface area (Å²) in [5.41, 5.74) is 1.91. The van der Waals surface area contributed by atoms with Crippen molar-refractivity contribution in [3.8, 4) is 5.75 Å². The van der Waals surface area contributed by atoms with Crippen LogP contribution in [0.3, 0.4) is 0 Å². The maximum Gasteiger partial charge on any atom is 0.248 e. The topological polar surface area (TPSA) is 41.9 Å². The number of hydrogen-bond donors (Lipinski definition) is 0. The maximum absolute atomic E-state index is 12.2. The summed E-state index contributed by atoms with van der Waals surface area (Å²) in [7, 11) is 0. The molecule has 0 radical (unpaired) electrons. The standard InChI is InChI=1S/C18H18N2O2/c21-18-14-19-13-15-7-4-5-10-17(15)20(18)11-6-12-22-16-8-2-1-3-9-16/h1-5,7-10,13H,6,11-12,14H2. The van der Waals surface area contributed by atoms with Crippen LogP contribution in [0, 0.1) is 0 Å². The first-order chi connectivity index (χ1) is 10.8. The van der Waals surface area contributed by atoms with Gasteiger partial charge in [-0.2, -0.15) is 0 Å². The average Bonchev–Trinajstić information content (AvgIpc) is 2.71. The highest BCUT2D eigenvalue weighted by Gasteiger charge is 2.19. The first kappa shape index (κ1) is 14.3. The summed E-state index contributed by atoms with van der Waals surface area (Å²) in [5, 5.41) is 0. The van der Waals surface area contributed by atoms with Gasteiger partial charge in [-0.3, -0.25) is 9.79 Å². The average molecular weight is 294 g/mol. The summed E-state index contributed by atoms with van der Waals surface area (Å²) in [4.78, 5) is 18.2. The summed E-state index contributed by atoms with van der Waals surface area (Å²) in [5.74, 6) is 0.884. The van der Waals surface area contributed by atoms with Crippen molar-refractivity contribution in [2.45, 2.75) is 6.42 Å². The number of amides is 1. The number of aliphatic imine (C=N–C) groups is 1. The number of benzene rings is 2. The van der Waals surface area contributed by atoms with E-state index in [-0.39, 0.29) is 12.5 Å². The van der Waals surface area contributed by atoms with E-state index in [9.17, 15) is 4.79 Å². The van der Waals surface area contributed by atoms with Crippen molar-refractivity contribution < 1.29 is 9.53 Å². The molecule has 1 aliphatic heterocycles. The number of rotatable bonds is 5. The van der Waals surface area contributed by atoms with E-state index < -0.39 is 0 Å². The van der Waals surface area contributed by atoms with Crippen LogP contribution in [0.2, 0.25) is 0 Å². The molecule has 0 spiro atoms. The number of para-hydroxylation sites is 2. The van der Waals surface area contributed by atoms with E-state index >= 15 is 0 Å². The summed E-state index contributed by atoms with van der Waals surface area (Å²) >= 11 is 0. The van der Waals surface area contributed by atoms with E-state index in [1.54, 1.807) is 11.1 Å². The van der Waals surface area contributed by atoms with Crippen LogP contribution in [0.5, 0.6) is 5.75 Å². The van der Waals surface area contributed by atoms with Gasteiger partial charge in [-0.05, 0) is 24.6 Å². The number of nitrogens with zero attached hydrogens (tertiary/aromatic N) is 2. The third-order valence-electron chi connectivity index (χ3n) is 3.52. The van der Waals surface area contributed by atoms with E-state index in [1.165, 1.54) is 0 Å². The Morgan fingerprint density at radius 2 is 1.82 bits per heavy atom. The number of ether oxygens (including phenoxy) is 1. The molecule has 0 saturated heterocycles. The van der Waals surface area contributed by atoms with Crippen LogP contribution in [-0.2, 0) is 4.79 Å². The van der Waals surface area contributed by atoms with Gasteiger partial charge in [-0.25, -0.2) is 0 Å². The molecule has 0 saturated carbocycles. The zero-order chi connectivity index (χ0) is 15.2. The van der Waals surface area contributed by atoms with Gasteiger partial charge in [0.05, 0.1) is 12.3 Å². The largest absolute Gasteiger partial charge is 0.494 e. The number of carbonyl (C=O) groups is 1. The quantitative estimate of drug-likeness (QED) is 0.796. The molecule has 0 bridgehead atoms. The lowest BCUT2D eigenvalue weighted by atomic mass is 10.1. The Labute approximate surface area is 130 Å². The lowest BCUT2D eigenvalue weighted by Crippen LogP contribution is -2.34. The summed E-state index contributed by atoms with van der Waals surface area (Å²) in [6, 6.07) is 17.5. The zero-order valence-corrected chi connectivity index (χ0v) is 12.3. The highest BCUT2D eigenvalue weighted by molar-refractivity contribution is 6.03. The number of hydrogen-bond acceptors (Lipinski definition) is 3. The molecule has 0 aromatic heterocycles. The van der Waals surface area contributed by atoms with E-state index in [0.717, 1.165) is 23.4 Å². The summed E-state index contributed by atoms with van der Waals surface area (Å²) in [6.07, 6.45) is 2.54. The van der Waals surface area contributed by atoms with Gasteiger partial charge in [0, 0.05) is 18.3 Å². The Morgan fingerprint density at radius 1 is 1.05 bits per heavy atom. The van der Waals surface area contributed by atoms with Crippen molar-refractivity contribution in [2.24, 2.45) is 4.99 Å². The van der Waals surface area contributed by atoms with E-state index in [2.05, 4.69) is 4.99 Å². The van der Waals surface area contributed by atoms with Crippen LogP contribution in [0.1, 0.15) is 12.0 Å². The smallest absolute Gasteiger partial charge is 0.248 e. The Bertz CT molecular complexity index is 668. The predicted molar refractivity (Wildman–Crippen MR) is 87.8 cm³/mol. The third-order valence-corrected chi connectivity index (χ3v) is 3.52. The summed E-state index contributed by atoms with van der Waals surface area (Å²) in [6.45, 7) is 1.41. The number of fused-ring (bicyclic) bond motifs is 1. The molecule has 0 N–H and O–H groups in total. The van der Waals surface area contributed by atoms with Gasteiger partial charge in [0.1, 0.15) is 12.3 Å². The number of benzodiazepines with no additional fused rings is 1. The van der Waals surface area contributed by atoms with E-state index in [0.29, 0.717) is 13.2 Å². The molecule has 22 heavy (non-hydrogen) atoms. The minimum Gasteiger partial charge on any atom is -0.494 e. The van der Waals surface area contributed by atoms with Gasteiger partial charge < -0.3 is 9.64 Å². The minimum atomic E-state index is 0.0286. The fourth-order valence-corrected chi connectivity index (χ4v) is 2.46. The van der Waals surface area contributed by atoms with E-state index in [4.69, 9.17) is 4.74 Å². The van der Waals surface area contributed by atoms with Gasteiger partial charge in [0.15, 0.2) is 0 Å².